The average Bonchev–Trinajstić information content (AvgIpc) is 2.49. The quantitative estimate of drug-likeness (QED) is 0.598. The summed E-state index contributed by atoms with van der Waals surface area (Å²) in [6, 6.07) is 3.47. The largest absolute Gasteiger partial charge is 0.446 e. The van der Waals surface area contributed by atoms with Crippen LogP contribution in [0.1, 0.15) is 10.4 Å². The number of rotatable bonds is 1. The van der Waals surface area contributed by atoms with Crippen molar-refractivity contribution in [1.29, 1.82) is 0 Å². The van der Waals surface area contributed by atoms with Gasteiger partial charge in [0.2, 0.25) is 5.71 Å². The van der Waals surface area contributed by atoms with Crippen LogP contribution in [0.2, 0.25) is 0 Å². The number of furan rings is 1. The van der Waals surface area contributed by atoms with Crippen LogP contribution in [0.25, 0.3) is 11.1 Å². The van der Waals surface area contributed by atoms with Crippen LogP contribution >= 0.6 is 0 Å². The molecule has 0 aromatic carbocycles. The highest BCUT2D eigenvalue weighted by atomic mass is 16.3. The minimum Gasteiger partial charge on any atom is -0.446 e. The van der Waals surface area contributed by atoms with E-state index in [9.17, 15) is 4.79 Å². The number of ketones is 1. The SMILES string of the molecule is [CH2]C(=O)c1cnc2occc2c1. The molecule has 0 aliphatic rings. The van der Waals surface area contributed by atoms with Crippen molar-refractivity contribution in [2.45, 2.75) is 0 Å². The number of aromatic nitrogens is 1. The van der Waals surface area contributed by atoms with E-state index in [1.54, 1.807) is 12.1 Å². The molecule has 0 spiro atoms. The standard InChI is InChI=1S/C9H6NO2/c1-6(11)8-4-7-2-3-12-9(7)10-5-8/h2-5H,1H2. The summed E-state index contributed by atoms with van der Waals surface area (Å²) in [6.07, 6.45) is 3.00. The molecule has 3 heteroatoms. The Morgan fingerprint density at radius 3 is 3.17 bits per heavy atom. The van der Waals surface area contributed by atoms with Gasteiger partial charge in [0, 0.05) is 24.1 Å². The van der Waals surface area contributed by atoms with Gasteiger partial charge in [-0.1, -0.05) is 0 Å². The number of carbonyl (C=O) groups excluding carboxylic acids is 1. The monoisotopic (exact) mass is 160 g/mol. The summed E-state index contributed by atoms with van der Waals surface area (Å²) in [6.45, 7) is 3.29. The van der Waals surface area contributed by atoms with Gasteiger partial charge in [0.05, 0.1) is 6.26 Å². The first-order valence-electron chi connectivity index (χ1n) is 3.47. The lowest BCUT2D eigenvalue weighted by molar-refractivity contribution is 0.104. The minimum atomic E-state index is -0.231. The predicted octanol–water partition coefficient (Wildman–Crippen LogP) is 1.84. The molecule has 0 fully saturated rings. The highest BCUT2D eigenvalue weighted by Gasteiger charge is 2.02. The normalized spacial score (nSPS) is 10.4. The Morgan fingerprint density at radius 2 is 2.42 bits per heavy atom. The Bertz CT molecular complexity index is 431. The molecule has 0 unspecified atom stereocenters. The molecule has 0 amide bonds. The van der Waals surface area contributed by atoms with Crippen LogP contribution < -0.4 is 0 Å². The van der Waals surface area contributed by atoms with Crippen LogP contribution in [-0.4, -0.2) is 10.8 Å². The topological polar surface area (TPSA) is 43.1 Å². The maximum atomic E-state index is 10.8. The van der Waals surface area contributed by atoms with Gasteiger partial charge in [-0.3, -0.25) is 4.79 Å². The Kier molecular flexibility index (Phi) is 1.43. The van der Waals surface area contributed by atoms with Gasteiger partial charge in [-0.15, -0.1) is 0 Å². The Morgan fingerprint density at radius 1 is 1.58 bits per heavy atom. The maximum Gasteiger partial charge on any atom is 0.225 e. The van der Waals surface area contributed by atoms with E-state index in [2.05, 4.69) is 11.9 Å². The molecule has 0 aliphatic carbocycles. The van der Waals surface area contributed by atoms with Crippen molar-refractivity contribution in [2.75, 3.05) is 0 Å². The number of pyridine rings is 1. The molecule has 2 heterocycles. The van der Waals surface area contributed by atoms with Crippen molar-refractivity contribution in [3.8, 4) is 0 Å². The highest BCUT2D eigenvalue weighted by Crippen LogP contribution is 2.13. The van der Waals surface area contributed by atoms with Crippen LogP contribution in [0.3, 0.4) is 0 Å². The molecular formula is C9H6NO2. The van der Waals surface area contributed by atoms with E-state index >= 15 is 0 Å². The average molecular weight is 160 g/mol. The van der Waals surface area contributed by atoms with E-state index in [1.807, 2.05) is 0 Å². The van der Waals surface area contributed by atoms with Crippen LogP contribution in [0.4, 0.5) is 0 Å². The van der Waals surface area contributed by atoms with Gasteiger partial charge in [-0.25, -0.2) is 4.98 Å². The highest BCUT2D eigenvalue weighted by molar-refractivity contribution is 6.01. The lowest BCUT2D eigenvalue weighted by Gasteiger charge is -1.92. The van der Waals surface area contributed by atoms with E-state index in [4.69, 9.17) is 4.42 Å². The predicted molar refractivity (Wildman–Crippen MR) is 43.7 cm³/mol. The molecule has 59 valence electrons. The second-order valence-electron chi connectivity index (χ2n) is 2.46. The van der Waals surface area contributed by atoms with Crippen LogP contribution in [0.15, 0.2) is 29.0 Å². The van der Waals surface area contributed by atoms with Gasteiger partial charge < -0.3 is 4.42 Å². The molecule has 3 nitrogen and oxygen atoms in total. The molecule has 0 bridgehead atoms. The van der Waals surface area contributed by atoms with E-state index in [-0.39, 0.29) is 5.78 Å². The molecule has 0 atom stereocenters. The summed E-state index contributed by atoms with van der Waals surface area (Å²) >= 11 is 0. The zero-order valence-electron chi connectivity index (χ0n) is 6.28. The number of fused-ring (bicyclic) bond motifs is 1. The number of Topliss-reactive ketones (excluding diaryl/α,β-unsaturated/α-hetero) is 1. The fraction of sp³-hybridized carbons (Fsp3) is 0. The summed E-state index contributed by atoms with van der Waals surface area (Å²) in [5.74, 6) is -0.231. The summed E-state index contributed by atoms with van der Waals surface area (Å²) in [7, 11) is 0. The van der Waals surface area contributed by atoms with E-state index in [0.29, 0.717) is 11.3 Å². The van der Waals surface area contributed by atoms with Gasteiger partial charge >= 0.3 is 0 Å². The summed E-state index contributed by atoms with van der Waals surface area (Å²) in [5.41, 5.74) is 1.05. The molecule has 2 rings (SSSR count). The summed E-state index contributed by atoms with van der Waals surface area (Å²) < 4.78 is 5.01. The van der Waals surface area contributed by atoms with Crippen LogP contribution in [0.5, 0.6) is 0 Å². The van der Waals surface area contributed by atoms with E-state index < -0.39 is 0 Å². The fourth-order valence-electron chi connectivity index (χ4n) is 1.01. The third kappa shape index (κ3) is 0.993. The second kappa shape index (κ2) is 2.44. The molecule has 0 saturated heterocycles. The fourth-order valence-corrected chi connectivity index (χ4v) is 1.01. The van der Waals surface area contributed by atoms with Crippen LogP contribution in [-0.2, 0) is 0 Å². The first kappa shape index (κ1) is 7.03. The Balaban J connectivity index is 2.68. The van der Waals surface area contributed by atoms with Gasteiger partial charge in [0.15, 0.2) is 5.78 Å². The Hall–Kier alpha value is -1.64. The van der Waals surface area contributed by atoms with Crippen molar-refractivity contribution >= 4 is 16.9 Å². The smallest absolute Gasteiger partial charge is 0.225 e. The number of carbonyl (C=O) groups is 1. The molecule has 0 N–H and O–H groups in total. The van der Waals surface area contributed by atoms with Gasteiger partial charge in [0.1, 0.15) is 0 Å². The third-order valence-electron chi connectivity index (χ3n) is 1.63. The number of hydrogen-bond donors (Lipinski definition) is 0. The zero-order valence-corrected chi connectivity index (χ0v) is 6.28. The lowest BCUT2D eigenvalue weighted by Crippen LogP contribution is -1.92. The summed E-state index contributed by atoms with van der Waals surface area (Å²) in [4.78, 5) is 14.8. The van der Waals surface area contributed by atoms with Crippen molar-refractivity contribution in [3.05, 3.63) is 37.1 Å². The van der Waals surface area contributed by atoms with Crippen molar-refractivity contribution < 1.29 is 9.21 Å². The number of nitrogens with zero attached hydrogens (tertiary/aromatic N) is 1. The first-order chi connectivity index (χ1) is 5.77. The molecule has 2 aromatic heterocycles. The van der Waals surface area contributed by atoms with Gasteiger partial charge in [-0.05, 0) is 12.1 Å². The summed E-state index contributed by atoms with van der Waals surface area (Å²) in [5, 5.41) is 0.824. The molecular weight excluding hydrogens is 154 g/mol. The van der Waals surface area contributed by atoms with Gasteiger partial charge in [-0.2, -0.15) is 0 Å². The molecule has 12 heavy (non-hydrogen) atoms. The van der Waals surface area contributed by atoms with Gasteiger partial charge in [0.25, 0.3) is 0 Å². The van der Waals surface area contributed by atoms with E-state index in [0.717, 1.165) is 5.39 Å². The second-order valence-corrected chi connectivity index (χ2v) is 2.46. The molecule has 0 aliphatic heterocycles. The van der Waals surface area contributed by atoms with Crippen LogP contribution in [0, 0.1) is 6.92 Å². The first-order valence-corrected chi connectivity index (χ1v) is 3.47. The molecule has 0 saturated carbocycles. The van der Waals surface area contributed by atoms with Crippen molar-refractivity contribution in [1.82, 2.24) is 4.98 Å². The number of hydrogen-bond acceptors (Lipinski definition) is 3. The zero-order chi connectivity index (χ0) is 8.55. The Labute approximate surface area is 69.0 Å². The van der Waals surface area contributed by atoms with E-state index in [1.165, 1.54) is 12.5 Å². The third-order valence-corrected chi connectivity index (χ3v) is 1.63. The lowest BCUT2D eigenvalue weighted by atomic mass is 10.2. The van der Waals surface area contributed by atoms with Crippen molar-refractivity contribution in [3.63, 3.8) is 0 Å². The molecule has 2 aromatic rings. The molecule has 1 radical (unpaired) electrons. The maximum absolute atomic E-state index is 10.8. The minimum absolute atomic E-state index is 0.231. The van der Waals surface area contributed by atoms with Crippen molar-refractivity contribution in [2.24, 2.45) is 0 Å².